The molecule has 0 N–H and O–H groups in total. The maximum atomic E-state index is 13.8. The fourth-order valence-electron chi connectivity index (χ4n) is 5.06. The first-order chi connectivity index (χ1) is 18.9. The van der Waals surface area contributed by atoms with Crippen LogP contribution in [0.25, 0.3) is 11.0 Å². The van der Waals surface area contributed by atoms with Crippen molar-refractivity contribution in [1.82, 2.24) is 4.90 Å². The number of fused-ring (bicyclic) bond motifs is 1. The number of carbonyl (C=O) groups is 2. The number of carbonyl (C=O) groups excluding carboxylic acids is 2. The highest BCUT2D eigenvalue weighted by molar-refractivity contribution is 6.17. The molecule has 0 aliphatic carbocycles. The molecule has 0 atom stereocenters. The van der Waals surface area contributed by atoms with Gasteiger partial charge in [0.25, 0.3) is 0 Å². The number of benzene rings is 2. The number of hydrogen-bond donors (Lipinski definition) is 0. The molecule has 212 valence electrons. The summed E-state index contributed by atoms with van der Waals surface area (Å²) in [5, 5.41) is 0.683. The zero-order valence-corrected chi connectivity index (χ0v) is 24.7. The van der Waals surface area contributed by atoms with Gasteiger partial charge in [0.15, 0.2) is 5.78 Å². The molecule has 0 aliphatic rings. The monoisotopic (exact) mass is 533 g/mol. The minimum atomic E-state index is -0.376. The highest BCUT2D eigenvalue weighted by Crippen LogP contribution is 2.32. The molecular weight excluding hydrogens is 486 g/mol. The molecule has 3 aromatic rings. The fourth-order valence-corrected chi connectivity index (χ4v) is 5.06. The van der Waals surface area contributed by atoms with Crippen LogP contribution in [0, 0.1) is 6.92 Å². The number of hydrogen-bond acceptors (Lipinski definition) is 5. The molecule has 5 nitrogen and oxygen atoms in total. The number of ether oxygens (including phenoxy) is 1. The second kappa shape index (κ2) is 15.6. The van der Waals surface area contributed by atoms with Crippen molar-refractivity contribution >= 4 is 22.7 Å². The van der Waals surface area contributed by atoms with Gasteiger partial charge in [-0.15, -0.1) is 0 Å². The largest absolute Gasteiger partial charge is 0.462 e. The molecular formula is C34H47NO4. The highest BCUT2D eigenvalue weighted by Gasteiger charge is 2.24. The molecule has 5 heteroatoms. The maximum absolute atomic E-state index is 13.8. The first-order valence-corrected chi connectivity index (χ1v) is 15.0. The first kappa shape index (κ1) is 30.6. The van der Waals surface area contributed by atoms with E-state index in [1.807, 2.05) is 25.1 Å². The zero-order chi connectivity index (χ0) is 28.2. The summed E-state index contributed by atoms with van der Waals surface area (Å²) in [6.07, 6.45) is 9.70. The van der Waals surface area contributed by atoms with Gasteiger partial charge in [0.1, 0.15) is 11.3 Å². The Bertz CT molecular complexity index is 1200. The number of nitrogens with zero attached hydrogens (tertiary/aromatic N) is 1. The number of rotatable bonds is 17. The second-order valence-corrected chi connectivity index (χ2v) is 10.6. The van der Waals surface area contributed by atoms with Crippen LogP contribution in [-0.2, 0) is 17.6 Å². The van der Waals surface area contributed by atoms with Crippen LogP contribution in [0.2, 0.25) is 0 Å². The van der Waals surface area contributed by atoms with Gasteiger partial charge in [0.2, 0.25) is 0 Å². The van der Waals surface area contributed by atoms with Crippen LogP contribution in [0.3, 0.4) is 0 Å². The summed E-state index contributed by atoms with van der Waals surface area (Å²) in [4.78, 5) is 29.0. The Balaban J connectivity index is 1.80. The van der Waals surface area contributed by atoms with Crippen LogP contribution in [0.15, 0.2) is 40.8 Å². The van der Waals surface area contributed by atoms with E-state index in [0.29, 0.717) is 46.4 Å². The number of furan rings is 1. The molecule has 0 saturated heterocycles. The minimum Gasteiger partial charge on any atom is -0.462 e. The lowest BCUT2D eigenvalue weighted by Gasteiger charge is -2.21. The summed E-state index contributed by atoms with van der Waals surface area (Å²) in [6, 6.07) is 11.7. The molecule has 0 bridgehead atoms. The first-order valence-electron chi connectivity index (χ1n) is 15.0. The van der Waals surface area contributed by atoms with Gasteiger partial charge in [0, 0.05) is 17.4 Å². The van der Waals surface area contributed by atoms with Crippen LogP contribution >= 0.6 is 0 Å². The van der Waals surface area contributed by atoms with Gasteiger partial charge in [0.05, 0.1) is 17.7 Å². The van der Waals surface area contributed by atoms with Crippen LogP contribution in [0.4, 0.5) is 0 Å². The van der Waals surface area contributed by atoms with Gasteiger partial charge in [-0.05, 0) is 88.8 Å². The van der Waals surface area contributed by atoms with E-state index in [2.05, 4.69) is 37.8 Å². The van der Waals surface area contributed by atoms with Crippen LogP contribution in [0.5, 0.6) is 0 Å². The Morgan fingerprint density at radius 3 is 2.08 bits per heavy atom. The highest BCUT2D eigenvalue weighted by atomic mass is 16.5. The fraction of sp³-hybridized carbons (Fsp3) is 0.529. The van der Waals surface area contributed by atoms with Crippen molar-refractivity contribution in [3.8, 4) is 0 Å². The van der Waals surface area contributed by atoms with E-state index in [-0.39, 0.29) is 11.8 Å². The van der Waals surface area contributed by atoms with Crippen molar-refractivity contribution in [2.45, 2.75) is 92.4 Å². The summed E-state index contributed by atoms with van der Waals surface area (Å²) in [7, 11) is 0. The summed E-state index contributed by atoms with van der Waals surface area (Å²) in [5.41, 5.74) is 4.36. The molecule has 3 rings (SSSR count). The van der Waals surface area contributed by atoms with E-state index < -0.39 is 0 Å². The average Bonchev–Trinajstić information content (AvgIpc) is 3.29. The average molecular weight is 534 g/mol. The molecule has 1 aromatic heterocycles. The van der Waals surface area contributed by atoms with Crippen molar-refractivity contribution < 1.29 is 18.7 Å². The van der Waals surface area contributed by atoms with Gasteiger partial charge in [-0.25, -0.2) is 4.79 Å². The summed E-state index contributed by atoms with van der Waals surface area (Å²) >= 11 is 0. The Labute approximate surface area is 234 Å². The predicted octanol–water partition coefficient (Wildman–Crippen LogP) is 8.33. The lowest BCUT2D eigenvalue weighted by molar-refractivity contribution is 0.0525. The normalized spacial score (nSPS) is 11.4. The van der Waals surface area contributed by atoms with E-state index >= 15 is 0 Å². The minimum absolute atomic E-state index is 0.0598. The van der Waals surface area contributed by atoms with Crippen molar-refractivity contribution in [3.63, 3.8) is 0 Å². The van der Waals surface area contributed by atoms with Crippen molar-refractivity contribution in [2.24, 2.45) is 0 Å². The molecule has 39 heavy (non-hydrogen) atoms. The molecule has 0 radical (unpaired) electrons. The predicted molar refractivity (Wildman–Crippen MR) is 160 cm³/mol. The third-order valence-electron chi connectivity index (χ3n) is 7.40. The van der Waals surface area contributed by atoms with Crippen molar-refractivity contribution in [1.29, 1.82) is 0 Å². The van der Waals surface area contributed by atoms with Crippen molar-refractivity contribution in [3.05, 3.63) is 70.0 Å². The Morgan fingerprint density at radius 1 is 0.821 bits per heavy atom. The van der Waals surface area contributed by atoms with Gasteiger partial charge in [-0.2, -0.15) is 0 Å². The van der Waals surface area contributed by atoms with Crippen LogP contribution in [-0.4, -0.2) is 42.9 Å². The van der Waals surface area contributed by atoms with Crippen LogP contribution in [0.1, 0.15) is 116 Å². The quantitative estimate of drug-likeness (QED) is 0.129. The van der Waals surface area contributed by atoms with Crippen LogP contribution < -0.4 is 0 Å². The molecule has 1 heterocycles. The lowest BCUT2D eigenvalue weighted by Crippen LogP contribution is -2.27. The summed E-state index contributed by atoms with van der Waals surface area (Å²) in [6.45, 7) is 14.1. The standard InChI is InChI=1S/C34H47NO4/c1-6-10-15-30-32(29-24-28(34(37)38-9-4)25(5)23-31(29)39-30)33(36)27-18-16-26(17-19-27)14-13-22-35(20-11-7-2)21-12-8-3/h16-19,23-24H,6-15,20-22H2,1-5H3. The van der Waals surface area contributed by atoms with E-state index in [9.17, 15) is 9.59 Å². The molecule has 0 amide bonds. The van der Waals surface area contributed by atoms with Crippen molar-refractivity contribution in [2.75, 3.05) is 26.2 Å². The summed E-state index contributed by atoms with van der Waals surface area (Å²) < 4.78 is 11.5. The third-order valence-corrected chi connectivity index (χ3v) is 7.40. The zero-order valence-electron chi connectivity index (χ0n) is 24.7. The van der Waals surface area contributed by atoms with E-state index in [1.165, 1.54) is 44.3 Å². The molecule has 0 fully saturated rings. The van der Waals surface area contributed by atoms with E-state index in [4.69, 9.17) is 9.15 Å². The maximum Gasteiger partial charge on any atom is 0.338 e. The second-order valence-electron chi connectivity index (χ2n) is 10.6. The molecule has 0 saturated carbocycles. The lowest BCUT2D eigenvalue weighted by atomic mass is 9.95. The number of esters is 1. The molecule has 0 aliphatic heterocycles. The Kier molecular flexibility index (Phi) is 12.3. The number of ketones is 1. The number of unbranched alkanes of at least 4 members (excludes halogenated alkanes) is 3. The molecule has 2 aromatic carbocycles. The van der Waals surface area contributed by atoms with Gasteiger partial charge >= 0.3 is 5.97 Å². The van der Waals surface area contributed by atoms with Gasteiger partial charge < -0.3 is 14.1 Å². The Morgan fingerprint density at radius 2 is 1.46 bits per heavy atom. The van der Waals surface area contributed by atoms with Gasteiger partial charge in [-0.3, -0.25) is 4.79 Å². The third kappa shape index (κ3) is 8.28. The van der Waals surface area contributed by atoms with Gasteiger partial charge in [-0.1, -0.05) is 64.3 Å². The SMILES string of the molecule is CCCCc1oc2cc(C)c(C(=O)OCC)cc2c1C(=O)c1ccc(CCCN(CCCC)CCCC)cc1. The summed E-state index contributed by atoms with van der Waals surface area (Å²) in [5.74, 6) is 0.259. The molecule has 0 unspecified atom stereocenters. The molecule has 0 spiro atoms. The smallest absolute Gasteiger partial charge is 0.338 e. The topological polar surface area (TPSA) is 59.8 Å². The Hall–Kier alpha value is -2.92. The number of aryl methyl sites for hydroxylation is 3. The van der Waals surface area contributed by atoms with E-state index in [0.717, 1.165) is 37.8 Å². The van der Waals surface area contributed by atoms with E-state index in [1.54, 1.807) is 13.0 Å².